The molecular weight excluding hydrogens is 533 g/mol. The highest BCUT2D eigenvalue weighted by Crippen LogP contribution is 2.37. The first-order chi connectivity index (χ1) is 18.2. The molecule has 1 aromatic heterocycles. The van der Waals surface area contributed by atoms with Gasteiger partial charge in [-0.15, -0.1) is 0 Å². The van der Waals surface area contributed by atoms with Crippen LogP contribution in [0.2, 0.25) is 5.02 Å². The summed E-state index contributed by atoms with van der Waals surface area (Å²) < 4.78 is 21.2. The average Bonchev–Trinajstić information content (AvgIpc) is 3.30. The Labute approximate surface area is 230 Å². The summed E-state index contributed by atoms with van der Waals surface area (Å²) in [5.41, 5.74) is 1.32. The molecule has 12 heteroatoms. The van der Waals surface area contributed by atoms with Crippen molar-refractivity contribution < 1.29 is 23.8 Å². The van der Waals surface area contributed by atoms with Gasteiger partial charge in [0.05, 0.1) is 18.1 Å². The number of hydrogen-bond donors (Lipinski definition) is 2. The van der Waals surface area contributed by atoms with E-state index < -0.39 is 29.7 Å². The third kappa shape index (κ3) is 6.22. The molecule has 0 spiro atoms. The van der Waals surface area contributed by atoms with Crippen LogP contribution in [0.15, 0.2) is 46.9 Å². The zero-order chi connectivity index (χ0) is 27.4. The number of amidine groups is 1. The molecule has 3 atom stereocenters. The molecule has 0 saturated carbocycles. The predicted octanol–water partition coefficient (Wildman–Crippen LogP) is 3.65. The molecule has 38 heavy (non-hydrogen) atoms. The normalized spacial score (nSPS) is 21.0. The van der Waals surface area contributed by atoms with Crippen molar-refractivity contribution in [2.75, 3.05) is 31.2 Å². The van der Waals surface area contributed by atoms with E-state index in [9.17, 15) is 19.1 Å². The second-order valence-corrected chi connectivity index (χ2v) is 10.9. The number of thioether (sulfide) groups is 1. The maximum absolute atomic E-state index is 13.9. The largest absolute Gasteiger partial charge is 0.481 e. The Bertz CT molecular complexity index is 1270. The van der Waals surface area contributed by atoms with Gasteiger partial charge in [-0.2, -0.15) is 11.8 Å². The molecule has 0 aliphatic carbocycles. The molecule has 2 aliphatic heterocycles. The maximum atomic E-state index is 13.9. The van der Waals surface area contributed by atoms with Gasteiger partial charge < -0.3 is 19.7 Å². The Morgan fingerprint density at radius 2 is 2.18 bits per heavy atom. The number of carbonyl (C=O) groups is 2. The number of carbonyl (C=O) groups excluding carboxylic acids is 1. The number of nitrogens with zero attached hydrogens (tertiary/aromatic N) is 4. The van der Waals surface area contributed by atoms with Crippen molar-refractivity contribution in [1.29, 1.82) is 0 Å². The van der Waals surface area contributed by atoms with E-state index in [1.165, 1.54) is 18.2 Å². The van der Waals surface area contributed by atoms with Gasteiger partial charge >= 0.3 is 11.9 Å². The van der Waals surface area contributed by atoms with Crippen LogP contribution >= 0.6 is 23.4 Å². The van der Waals surface area contributed by atoms with E-state index in [2.05, 4.69) is 15.2 Å². The topological polar surface area (TPSA) is 109 Å². The second-order valence-electron chi connectivity index (χ2n) is 9.32. The number of benzene rings is 1. The van der Waals surface area contributed by atoms with Gasteiger partial charge in [0.2, 0.25) is 0 Å². The van der Waals surface area contributed by atoms with Crippen LogP contribution < -0.4 is 5.32 Å². The highest BCUT2D eigenvalue weighted by atomic mass is 35.5. The Morgan fingerprint density at radius 3 is 2.84 bits per heavy atom. The van der Waals surface area contributed by atoms with E-state index in [1.54, 1.807) is 42.6 Å². The van der Waals surface area contributed by atoms with E-state index in [-0.39, 0.29) is 23.2 Å². The number of aromatic nitrogens is 2. The molecule has 204 valence electrons. The van der Waals surface area contributed by atoms with Gasteiger partial charge in [-0.3, -0.25) is 14.7 Å². The molecule has 4 rings (SSSR count). The Balaban J connectivity index is 1.80. The molecule has 0 amide bonds. The Kier molecular flexibility index (Phi) is 9.11. The summed E-state index contributed by atoms with van der Waals surface area (Å²) in [6, 6.07) is 3.15. The molecule has 2 aromatic rings. The molecule has 1 aromatic carbocycles. The zero-order valence-electron chi connectivity index (χ0n) is 21.5. The maximum Gasteiger partial charge on any atom is 0.338 e. The molecule has 2 aliphatic rings. The van der Waals surface area contributed by atoms with Gasteiger partial charge in [-0.25, -0.2) is 14.2 Å². The number of aryl methyl sites for hydroxylation is 1. The van der Waals surface area contributed by atoms with Crippen molar-refractivity contribution in [3.8, 4) is 0 Å². The lowest BCUT2D eigenvalue weighted by atomic mass is 9.94. The monoisotopic (exact) mass is 563 g/mol. The molecule has 3 heterocycles. The first-order valence-electron chi connectivity index (χ1n) is 12.4. The van der Waals surface area contributed by atoms with Gasteiger partial charge in [-0.1, -0.05) is 24.6 Å². The van der Waals surface area contributed by atoms with Crippen molar-refractivity contribution in [3.63, 3.8) is 0 Å². The first kappa shape index (κ1) is 28.1. The predicted molar refractivity (Wildman–Crippen MR) is 145 cm³/mol. The van der Waals surface area contributed by atoms with Crippen LogP contribution in [0, 0.1) is 11.7 Å². The molecule has 1 unspecified atom stereocenters. The fourth-order valence-corrected chi connectivity index (χ4v) is 6.07. The number of rotatable bonds is 9. The molecule has 1 saturated heterocycles. The average molecular weight is 564 g/mol. The van der Waals surface area contributed by atoms with Gasteiger partial charge in [0, 0.05) is 66.4 Å². The summed E-state index contributed by atoms with van der Waals surface area (Å²) in [6.45, 7) is 4.65. The first-order valence-corrected chi connectivity index (χ1v) is 13.9. The van der Waals surface area contributed by atoms with Crippen LogP contribution in [-0.2, 0) is 21.4 Å². The number of carboxylic acids is 1. The lowest BCUT2D eigenvalue weighted by Gasteiger charge is -2.38. The number of aliphatic imine (C=N–C) groups is 1. The highest BCUT2D eigenvalue weighted by Gasteiger charge is 2.36. The van der Waals surface area contributed by atoms with Crippen LogP contribution in [0.4, 0.5) is 4.39 Å². The zero-order valence-corrected chi connectivity index (χ0v) is 23.1. The number of aliphatic carboxylic acids is 1. The van der Waals surface area contributed by atoms with Gasteiger partial charge in [0.15, 0.2) is 11.7 Å². The summed E-state index contributed by atoms with van der Waals surface area (Å²) in [7, 11) is 1.84. The molecular formula is C26H31ClFN5O4S. The summed E-state index contributed by atoms with van der Waals surface area (Å²) in [6.07, 6.45) is 3.92. The molecule has 2 N–H and O–H groups in total. The van der Waals surface area contributed by atoms with Crippen LogP contribution in [0.3, 0.4) is 0 Å². The number of imidazole rings is 1. The van der Waals surface area contributed by atoms with Crippen LogP contribution in [0.25, 0.3) is 0 Å². The summed E-state index contributed by atoms with van der Waals surface area (Å²) in [5.74, 6) is 0.272. The van der Waals surface area contributed by atoms with Crippen molar-refractivity contribution in [1.82, 2.24) is 19.8 Å². The molecule has 1 fully saturated rings. The summed E-state index contributed by atoms with van der Waals surface area (Å²) >= 11 is 8.26. The number of ether oxygens (including phenoxy) is 1. The van der Waals surface area contributed by atoms with E-state index in [4.69, 9.17) is 21.3 Å². The van der Waals surface area contributed by atoms with E-state index >= 15 is 0 Å². The minimum Gasteiger partial charge on any atom is -0.481 e. The smallest absolute Gasteiger partial charge is 0.338 e. The van der Waals surface area contributed by atoms with Crippen molar-refractivity contribution in [3.05, 3.63) is 64.1 Å². The van der Waals surface area contributed by atoms with Gasteiger partial charge in [0.25, 0.3) is 0 Å². The number of halogens is 2. The Morgan fingerprint density at radius 1 is 1.39 bits per heavy atom. The van der Waals surface area contributed by atoms with Gasteiger partial charge in [-0.05, 0) is 25.5 Å². The van der Waals surface area contributed by atoms with Crippen LogP contribution in [0.1, 0.15) is 37.7 Å². The van der Waals surface area contributed by atoms with Crippen LogP contribution in [0.5, 0.6) is 0 Å². The third-order valence-electron chi connectivity index (χ3n) is 6.67. The fraction of sp³-hybridized carbons (Fsp3) is 0.462. The number of carboxylic acid groups (broad SMARTS) is 1. The minimum atomic E-state index is -0.861. The highest BCUT2D eigenvalue weighted by molar-refractivity contribution is 7.99. The second kappa shape index (κ2) is 12.3. The van der Waals surface area contributed by atoms with Crippen molar-refractivity contribution in [2.24, 2.45) is 18.0 Å². The Hall–Kier alpha value is -2.89. The summed E-state index contributed by atoms with van der Waals surface area (Å²) in [5, 5.41) is 13.0. The standard InChI is InChI=1S/C26H31ClFN5O4S/c1-4-37-26(36)21-20(13-33-9-10-38-14-17(33)11-15(2)25(34)35)30-23(24-29-7-8-32(24)3)31-22(21)18-6-5-16(28)12-19(18)27/h5-8,12,15,17,22H,4,9-11,13-14H2,1-3H3,(H,30,31)(H,34,35)/t15?,17-,22+/m1/s1. The summed E-state index contributed by atoms with van der Waals surface area (Å²) in [4.78, 5) is 36.4. The SMILES string of the molecule is CCOC(=O)C1=C(CN2CCSC[C@H]2CC(C)C(=O)O)NC(c2nccn2C)=N[C@H]1c1ccc(F)cc1Cl. The third-order valence-corrected chi connectivity index (χ3v) is 8.09. The number of nitrogens with one attached hydrogen (secondary N) is 1. The lowest BCUT2D eigenvalue weighted by Crippen LogP contribution is -2.48. The van der Waals surface area contributed by atoms with Crippen molar-refractivity contribution in [2.45, 2.75) is 32.4 Å². The molecule has 0 bridgehead atoms. The molecule has 0 radical (unpaired) electrons. The number of hydrogen-bond acceptors (Lipinski definition) is 8. The quantitative estimate of drug-likeness (QED) is 0.445. The lowest BCUT2D eigenvalue weighted by molar-refractivity contribution is -0.141. The minimum absolute atomic E-state index is 0.000862. The van der Waals surface area contributed by atoms with E-state index in [0.717, 1.165) is 18.1 Å². The van der Waals surface area contributed by atoms with Crippen LogP contribution in [-0.4, -0.2) is 74.6 Å². The number of esters is 1. The molecule has 9 nitrogen and oxygen atoms in total. The van der Waals surface area contributed by atoms with E-state index in [1.807, 2.05) is 7.05 Å². The van der Waals surface area contributed by atoms with Crippen molar-refractivity contribution >= 4 is 41.1 Å². The fourth-order valence-electron chi connectivity index (χ4n) is 4.65. The van der Waals surface area contributed by atoms with E-state index in [0.29, 0.717) is 35.9 Å². The van der Waals surface area contributed by atoms with Gasteiger partial charge in [0.1, 0.15) is 11.9 Å².